The Morgan fingerprint density at radius 1 is 1.05 bits per heavy atom. The predicted molar refractivity (Wildman–Crippen MR) is 90.6 cm³/mol. The summed E-state index contributed by atoms with van der Waals surface area (Å²) in [7, 11) is 0. The van der Waals surface area contributed by atoms with Crippen LogP contribution in [0.25, 0.3) is 0 Å². The Morgan fingerprint density at radius 3 is 2.19 bits per heavy atom. The summed E-state index contributed by atoms with van der Waals surface area (Å²) in [5.74, 6) is 2.56. The van der Waals surface area contributed by atoms with Crippen LogP contribution in [0.1, 0.15) is 79.1 Å². The van der Waals surface area contributed by atoms with E-state index < -0.39 is 0 Å². The zero-order valence-electron chi connectivity index (χ0n) is 14.8. The van der Waals surface area contributed by atoms with Crippen molar-refractivity contribution in [2.75, 3.05) is 13.2 Å². The summed E-state index contributed by atoms with van der Waals surface area (Å²) in [5, 5.41) is 3.92. The fourth-order valence-electron chi connectivity index (χ4n) is 5.17. The Bertz CT molecular complexity index is 288. The van der Waals surface area contributed by atoms with Crippen molar-refractivity contribution in [1.82, 2.24) is 5.32 Å². The van der Waals surface area contributed by atoms with Gasteiger partial charge in [-0.1, -0.05) is 33.6 Å². The maximum absolute atomic E-state index is 6.41. The summed E-state index contributed by atoms with van der Waals surface area (Å²) in [6, 6.07) is 0.574. The summed E-state index contributed by atoms with van der Waals surface area (Å²) >= 11 is 0. The van der Waals surface area contributed by atoms with Gasteiger partial charge in [-0.05, 0) is 69.7 Å². The molecule has 2 saturated carbocycles. The molecule has 21 heavy (non-hydrogen) atoms. The lowest BCUT2D eigenvalue weighted by atomic mass is 9.69. The van der Waals surface area contributed by atoms with Crippen molar-refractivity contribution >= 4 is 0 Å². The van der Waals surface area contributed by atoms with Crippen molar-refractivity contribution in [3.63, 3.8) is 0 Å². The number of nitrogens with one attached hydrogen (secondary N) is 1. The van der Waals surface area contributed by atoms with Crippen LogP contribution in [0.2, 0.25) is 0 Å². The highest BCUT2D eigenvalue weighted by Crippen LogP contribution is 2.44. The first-order chi connectivity index (χ1) is 10.1. The molecular weight excluding hydrogens is 258 g/mol. The van der Waals surface area contributed by atoms with Gasteiger partial charge in [0.25, 0.3) is 0 Å². The Kier molecular flexibility index (Phi) is 6.55. The molecule has 0 bridgehead atoms. The average molecular weight is 296 g/mol. The molecule has 0 aliphatic heterocycles. The van der Waals surface area contributed by atoms with Crippen LogP contribution < -0.4 is 5.32 Å². The van der Waals surface area contributed by atoms with Crippen molar-refractivity contribution in [1.29, 1.82) is 0 Å². The Labute approximate surface area is 132 Å². The van der Waals surface area contributed by atoms with Crippen LogP contribution >= 0.6 is 0 Å². The Morgan fingerprint density at radius 2 is 1.67 bits per heavy atom. The fourth-order valence-corrected chi connectivity index (χ4v) is 5.17. The summed E-state index contributed by atoms with van der Waals surface area (Å²) in [5.41, 5.74) is 0.130. The first kappa shape index (κ1) is 17.3. The molecule has 3 atom stereocenters. The van der Waals surface area contributed by atoms with Crippen molar-refractivity contribution < 1.29 is 4.74 Å². The minimum absolute atomic E-state index is 0.130. The van der Waals surface area contributed by atoms with Gasteiger partial charge in [-0.3, -0.25) is 0 Å². The van der Waals surface area contributed by atoms with Gasteiger partial charge in [0.1, 0.15) is 0 Å². The molecule has 2 rings (SSSR count). The lowest BCUT2D eigenvalue weighted by Gasteiger charge is -2.46. The molecule has 0 heterocycles. The van der Waals surface area contributed by atoms with Crippen molar-refractivity contribution in [2.24, 2.45) is 17.8 Å². The molecule has 0 aromatic rings. The van der Waals surface area contributed by atoms with E-state index in [-0.39, 0.29) is 5.60 Å². The first-order valence-corrected chi connectivity index (χ1v) is 9.48. The topological polar surface area (TPSA) is 21.3 Å². The van der Waals surface area contributed by atoms with Gasteiger partial charge in [0.05, 0.1) is 5.60 Å². The molecule has 0 saturated heterocycles. The van der Waals surface area contributed by atoms with E-state index in [1.807, 2.05) is 0 Å². The quantitative estimate of drug-likeness (QED) is 0.730. The standard InChI is InChI=1S/C19H37NO/c1-5-11-20-18(17-13-15(3)12-16(4)14-17)19(21-6-2)9-7-8-10-19/h15-18,20H,5-14H2,1-4H3. The van der Waals surface area contributed by atoms with Gasteiger partial charge in [0.2, 0.25) is 0 Å². The van der Waals surface area contributed by atoms with Crippen LogP contribution in [0.5, 0.6) is 0 Å². The molecule has 124 valence electrons. The molecule has 2 fully saturated rings. The highest BCUT2D eigenvalue weighted by molar-refractivity contribution is 5.01. The lowest BCUT2D eigenvalue weighted by Crippen LogP contribution is -2.56. The largest absolute Gasteiger partial charge is 0.374 e. The van der Waals surface area contributed by atoms with Gasteiger partial charge >= 0.3 is 0 Å². The smallest absolute Gasteiger partial charge is 0.0837 e. The fraction of sp³-hybridized carbons (Fsp3) is 1.00. The first-order valence-electron chi connectivity index (χ1n) is 9.48. The van der Waals surface area contributed by atoms with Crippen molar-refractivity contribution in [3.05, 3.63) is 0 Å². The van der Waals surface area contributed by atoms with Crippen molar-refractivity contribution in [3.8, 4) is 0 Å². The molecule has 0 radical (unpaired) electrons. The molecule has 1 N–H and O–H groups in total. The van der Waals surface area contributed by atoms with E-state index >= 15 is 0 Å². The second-order valence-corrected chi connectivity index (χ2v) is 7.81. The molecule has 2 heteroatoms. The monoisotopic (exact) mass is 295 g/mol. The minimum atomic E-state index is 0.130. The zero-order chi connectivity index (χ0) is 15.3. The molecule has 0 amide bonds. The lowest BCUT2D eigenvalue weighted by molar-refractivity contribution is -0.0829. The van der Waals surface area contributed by atoms with E-state index in [0.717, 1.165) is 30.9 Å². The normalized spacial score (nSPS) is 34.0. The van der Waals surface area contributed by atoms with Gasteiger partial charge in [0, 0.05) is 12.6 Å². The SMILES string of the molecule is CCCNC(C1CC(C)CC(C)C1)C1(OCC)CCCC1. The van der Waals surface area contributed by atoms with E-state index in [1.54, 1.807) is 0 Å². The molecule has 3 unspecified atom stereocenters. The van der Waals surface area contributed by atoms with Gasteiger partial charge in [-0.15, -0.1) is 0 Å². The Hall–Kier alpha value is -0.0800. The average Bonchev–Trinajstić information content (AvgIpc) is 2.88. The second-order valence-electron chi connectivity index (χ2n) is 7.81. The van der Waals surface area contributed by atoms with E-state index in [2.05, 4.69) is 33.0 Å². The van der Waals surface area contributed by atoms with Crippen LogP contribution in [0.4, 0.5) is 0 Å². The molecular formula is C19H37NO. The van der Waals surface area contributed by atoms with E-state index in [4.69, 9.17) is 4.74 Å². The summed E-state index contributed by atoms with van der Waals surface area (Å²) in [4.78, 5) is 0. The third kappa shape index (κ3) is 4.22. The predicted octanol–water partition coefficient (Wildman–Crippen LogP) is 4.78. The summed E-state index contributed by atoms with van der Waals surface area (Å²) in [6.07, 6.45) is 10.6. The van der Waals surface area contributed by atoms with Gasteiger partial charge in [-0.2, -0.15) is 0 Å². The number of hydrogen-bond donors (Lipinski definition) is 1. The molecule has 2 nitrogen and oxygen atoms in total. The summed E-state index contributed by atoms with van der Waals surface area (Å²) < 4.78 is 6.41. The van der Waals surface area contributed by atoms with Crippen LogP contribution in [0, 0.1) is 17.8 Å². The van der Waals surface area contributed by atoms with Gasteiger partial charge in [-0.25, -0.2) is 0 Å². The number of hydrogen-bond acceptors (Lipinski definition) is 2. The number of ether oxygens (including phenoxy) is 1. The molecule has 0 spiro atoms. The third-order valence-electron chi connectivity index (χ3n) is 5.75. The van der Waals surface area contributed by atoms with Crippen LogP contribution in [0.15, 0.2) is 0 Å². The number of rotatable bonds is 7. The second kappa shape index (κ2) is 7.97. The molecule has 2 aliphatic carbocycles. The highest BCUT2D eigenvalue weighted by atomic mass is 16.5. The maximum atomic E-state index is 6.41. The van der Waals surface area contributed by atoms with Crippen molar-refractivity contribution in [2.45, 2.75) is 90.7 Å². The molecule has 0 aromatic heterocycles. The Balaban J connectivity index is 2.15. The molecule has 0 aromatic carbocycles. The van der Waals surface area contributed by atoms with E-state index in [9.17, 15) is 0 Å². The maximum Gasteiger partial charge on any atom is 0.0837 e. The summed E-state index contributed by atoms with van der Waals surface area (Å²) in [6.45, 7) is 11.3. The molecule has 2 aliphatic rings. The van der Waals surface area contributed by atoms with Crippen LogP contribution in [-0.4, -0.2) is 24.8 Å². The van der Waals surface area contributed by atoms with Gasteiger partial charge in [0.15, 0.2) is 0 Å². The van der Waals surface area contributed by atoms with Gasteiger partial charge < -0.3 is 10.1 Å². The van der Waals surface area contributed by atoms with E-state index in [1.165, 1.54) is 51.4 Å². The van der Waals surface area contributed by atoms with Crippen LogP contribution in [-0.2, 0) is 4.74 Å². The van der Waals surface area contributed by atoms with E-state index in [0.29, 0.717) is 6.04 Å². The minimum Gasteiger partial charge on any atom is -0.374 e. The zero-order valence-corrected chi connectivity index (χ0v) is 14.8. The highest BCUT2D eigenvalue weighted by Gasteiger charge is 2.46. The third-order valence-corrected chi connectivity index (χ3v) is 5.75. The van der Waals surface area contributed by atoms with Crippen LogP contribution in [0.3, 0.4) is 0 Å².